The first-order valence-corrected chi connectivity index (χ1v) is 9.39. The minimum atomic E-state index is -0.864. The van der Waals surface area contributed by atoms with E-state index in [1.807, 2.05) is 44.2 Å². The number of carbonyl (C=O) groups is 2. The SMILES string of the molecule is Cc1cc(O)cc(C)c1C[C@H](N)C(=O)N(CC#Cc1ccccc1)[C@H](C)C(N)=O. The van der Waals surface area contributed by atoms with Crippen molar-refractivity contribution in [1.29, 1.82) is 0 Å². The van der Waals surface area contributed by atoms with Gasteiger partial charge in [-0.2, -0.15) is 0 Å². The van der Waals surface area contributed by atoms with Crippen LogP contribution in [0, 0.1) is 25.7 Å². The van der Waals surface area contributed by atoms with E-state index >= 15 is 0 Å². The van der Waals surface area contributed by atoms with Crippen LogP contribution in [0.1, 0.15) is 29.2 Å². The Balaban J connectivity index is 2.20. The van der Waals surface area contributed by atoms with Gasteiger partial charge in [0.15, 0.2) is 0 Å². The van der Waals surface area contributed by atoms with Crippen molar-refractivity contribution in [3.8, 4) is 17.6 Å². The number of hydrogen-bond donors (Lipinski definition) is 3. The summed E-state index contributed by atoms with van der Waals surface area (Å²) in [5.41, 5.74) is 15.0. The molecule has 0 heterocycles. The van der Waals surface area contributed by atoms with Crippen LogP contribution in [0.25, 0.3) is 0 Å². The monoisotopic (exact) mass is 393 g/mol. The lowest BCUT2D eigenvalue weighted by atomic mass is 9.95. The third kappa shape index (κ3) is 5.84. The molecule has 0 saturated carbocycles. The van der Waals surface area contributed by atoms with Crippen LogP contribution in [-0.2, 0) is 16.0 Å². The summed E-state index contributed by atoms with van der Waals surface area (Å²) < 4.78 is 0. The molecule has 0 spiro atoms. The second-order valence-electron chi connectivity index (χ2n) is 7.08. The first-order chi connectivity index (χ1) is 13.7. The highest BCUT2D eigenvalue weighted by Gasteiger charge is 2.28. The summed E-state index contributed by atoms with van der Waals surface area (Å²) >= 11 is 0. The van der Waals surface area contributed by atoms with Gasteiger partial charge in [-0.25, -0.2) is 0 Å². The van der Waals surface area contributed by atoms with Crippen LogP contribution < -0.4 is 11.5 Å². The number of nitrogens with two attached hydrogens (primary N) is 2. The molecule has 0 radical (unpaired) electrons. The topological polar surface area (TPSA) is 110 Å². The molecule has 2 rings (SSSR count). The highest BCUT2D eigenvalue weighted by atomic mass is 16.3. The van der Waals surface area contributed by atoms with Crippen LogP contribution in [0.3, 0.4) is 0 Å². The molecule has 0 bridgehead atoms. The second-order valence-corrected chi connectivity index (χ2v) is 7.08. The molecule has 2 aromatic carbocycles. The number of phenolic OH excluding ortho intramolecular Hbond substituents is 1. The van der Waals surface area contributed by atoms with Crippen LogP contribution in [0.15, 0.2) is 42.5 Å². The molecule has 152 valence electrons. The van der Waals surface area contributed by atoms with Gasteiger partial charge in [-0.3, -0.25) is 9.59 Å². The van der Waals surface area contributed by atoms with E-state index in [2.05, 4.69) is 11.8 Å². The maximum Gasteiger partial charge on any atom is 0.241 e. The highest BCUT2D eigenvalue weighted by Crippen LogP contribution is 2.22. The van der Waals surface area contributed by atoms with E-state index in [9.17, 15) is 14.7 Å². The van der Waals surface area contributed by atoms with E-state index in [0.29, 0.717) is 0 Å². The molecule has 6 heteroatoms. The zero-order valence-corrected chi connectivity index (χ0v) is 17.0. The maximum atomic E-state index is 13.0. The molecule has 0 fully saturated rings. The molecule has 2 amide bonds. The minimum Gasteiger partial charge on any atom is -0.508 e. The zero-order valence-electron chi connectivity index (χ0n) is 17.0. The smallest absolute Gasteiger partial charge is 0.241 e. The quantitative estimate of drug-likeness (QED) is 0.648. The van der Waals surface area contributed by atoms with Gasteiger partial charge in [0.05, 0.1) is 12.6 Å². The lowest BCUT2D eigenvalue weighted by Crippen LogP contribution is -2.52. The summed E-state index contributed by atoms with van der Waals surface area (Å²) in [6.45, 7) is 5.32. The van der Waals surface area contributed by atoms with E-state index in [-0.39, 0.29) is 18.7 Å². The Morgan fingerprint density at radius 1 is 1.14 bits per heavy atom. The predicted octanol–water partition coefficient (Wildman–Crippen LogP) is 1.63. The molecule has 0 unspecified atom stereocenters. The molecule has 0 aliphatic rings. The van der Waals surface area contributed by atoms with Gasteiger partial charge in [0.2, 0.25) is 11.8 Å². The number of rotatable bonds is 6. The van der Waals surface area contributed by atoms with Crippen molar-refractivity contribution < 1.29 is 14.7 Å². The van der Waals surface area contributed by atoms with Gasteiger partial charge in [-0.15, -0.1) is 0 Å². The number of nitrogens with zero attached hydrogens (tertiary/aromatic N) is 1. The van der Waals surface area contributed by atoms with Crippen molar-refractivity contribution in [2.75, 3.05) is 6.54 Å². The Bertz CT molecular complexity index is 922. The number of primary amides is 1. The van der Waals surface area contributed by atoms with Crippen LogP contribution in [0.4, 0.5) is 0 Å². The average molecular weight is 393 g/mol. The summed E-state index contributed by atoms with van der Waals surface area (Å²) in [5, 5.41) is 9.70. The average Bonchev–Trinajstić information content (AvgIpc) is 2.67. The maximum absolute atomic E-state index is 13.0. The summed E-state index contributed by atoms with van der Waals surface area (Å²) in [5.74, 6) is 5.05. The van der Waals surface area contributed by atoms with Gasteiger partial charge in [-0.1, -0.05) is 30.0 Å². The normalized spacial score (nSPS) is 12.4. The Kier molecular flexibility index (Phi) is 7.40. The molecule has 0 aliphatic heterocycles. The molecule has 29 heavy (non-hydrogen) atoms. The second kappa shape index (κ2) is 9.76. The first-order valence-electron chi connectivity index (χ1n) is 9.39. The summed E-state index contributed by atoms with van der Waals surface area (Å²) in [6.07, 6.45) is 0.283. The summed E-state index contributed by atoms with van der Waals surface area (Å²) in [6, 6.07) is 10.9. The van der Waals surface area contributed by atoms with Gasteiger partial charge in [0.1, 0.15) is 11.8 Å². The van der Waals surface area contributed by atoms with E-state index in [1.165, 1.54) is 4.90 Å². The van der Waals surface area contributed by atoms with Gasteiger partial charge < -0.3 is 21.5 Å². The lowest BCUT2D eigenvalue weighted by molar-refractivity contribution is -0.139. The van der Waals surface area contributed by atoms with Crippen molar-refractivity contribution in [3.63, 3.8) is 0 Å². The van der Waals surface area contributed by atoms with Crippen molar-refractivity contribution in [3.05, 3.63) is 64.7 Å². The molecule has 0 aliphatic carbocycles. The van der Waals surface area contributed by atoms with Gasteiger partial charge >= 0.3 is 0 Å². The fraction of sp³-hybridized carbons (Fsp3) is 0.304. The molecule has 0 aromatic heterocycles. The van der Waals surface area contributed by atoms with Crippen LogP contribution >= 0.6 is 0 Å². The van der Waals surface area contributed by atoms with Gasteiger partial charge in [0, 0.05) is 5.56 Å². The van der Waals surface area contributed by atoms with E-state index in [1.54, 1.807) is 19.1 Å². The predicted molar refractivity (Wildman–Crippen MR) is 113 cm³/mol. The van der Waals surface area contributed by atoms with Crippen LogP contribution in [0.2, 0.25) is 0 Å². The third-order valence-electron chi connectivity index (χ3n) is 4.84. The Morgan fingerprint density at radius 3 is 2.28 bits per heavy atom. The Morgan fingerprint density at radius 2 is 1.72 bits per heavy atom. The van der Waals surface area contributed by atoms with E-state index in [0.717, 1.165) is 22.3 Å². The largest absolute Gasteiger partial charge is 0.508 e. The van der Waals surface area contributed by atoms with Crippen molar-refractivity contribution in [2.45, 2.75) is 39.3 Å². The lowest BCUT2D eigenvalue weighted by Gasteiger charge is -2.28. The number of phenols is 1. The van der Waals surface area contributed by atoms with Gasteiger partial charge in [-0.05, 0) is 68.1 Å². The number of benzene rings is 2. The van der Waals surface area contributed by atoms with Crippen LogP contribution in [0.5, 0.6) is 5.75 Å². The molecule has 5 N–H and O–H groups in total. The Labute approximate surface area is 171 Å². The third-order valence-corrected chi connectivity index (χ3v) is 4.84. The summed E-state index contributed by atoms with van der Waals surface area (Å²) in [4.78, 5) is 26.0. The number of amides is 2. The standard InChI is InChI=1S/C23H27N3O3/c1-15-12-19(27)13-16(2)20(15)14-21(24)23(29)26(17(3)22(25)28)11-7-10-18-8-5-4-6-9-18/h4-6,8-9,12-13,17,21,27H,11,14,24H2,1-3H3,(H2,25,28)/t17-,21+/m1/s1. The molecular formula is C23H27N3O3. The molecule has 6 nitrogen and oxygen atoms in total. The van der Waals surface area contributed by atoms with Crippen molar-refractivity contribution >= 4 is 11.8 Å². The fourth-order valence-electron chi connectivity index (χ4n) is 3.12. The number of aromatic hydroxyl groups is 1. The number of hydrogen-bond acceptors (Lipinski definition) is 4. The number of carbonyl (C=O) groups excluding carboxylic acids is 2. The van der Waals surface area contributed by atoms with E-state index in [4.69, 9.17) is 11.5 Å². The minimum absolute atomic E-state index is 0.0408. The number of aryl methyl sites for hydroxylation is 2. The highest BCUT2D eigenvalue weighted by molar-refractivity contribution is 5.89. The molecular weight excluding hydrogens is 366 g/mol. The molecule has 2 atom stereocenters. The van der Waals surface area contributed by atoms with Crippen molar-refractivity contribution in [1.82, 2.24) is 4.90 Å². The van der Waals surface area contributed by atoms with Gasteiger partial charge in [0.25, 0.3) is 0 Å². The van der Waals surface area contributed by atoms with Crippen molar-refractivity contribution in [2.24, 2.45) is 11.5 Å². The fourth-order valence-corrected chi connectivity index (χ4v) is 3.12. The van der Waals surface area contributed by atoms with E-state index < -0.39 is 23.9 Å². The Hall–Kier alpha value is -3.30. The van der Waals surface area contributed by atoms with Crippen LogP contribution in [-0.4, -0.2) is 40.4 Å². The summed E-state index contributed by atoms with van der Waals surface area (Å²) in [7, 11) is 0. The molecule has 2 aromatic rings. The first kappa shape index (κ1) is 22.0. The zero-order chi connectivity index (χ0) is 21.6. The molecule has 0 saturated heterocycles.